The second kappa shape index (κ2) is 6.35. The van der Waals surface area contributed by atoms with Gasteiger partial charge in [-0.1, -0.05) is 38.6 Å². The molecule has 0 saturated heterocycles. The van der Waals surface area contributed by atoms with Crippen LogP contribution >= 0.6 is 11.8 Å². The van der Waals surface area contributed by atoms with Gasteiger partial charge >= 0.3 is 0 Å². The molecule has 0 aliphatic rings. The van der Waals surface area contributed by atoms with Crippen molar-refractivity contribution in [2.45, 2.75) is 36.1 Å². The predicted molar refractivity (Wildman–Crippen MR) is 87.4 cm³/mol. The molecular formula is C16H21N3OS. The Balaban J connectivity index is 2.34. The van der Waals surface area contributed by atoms with Crippen LogP contribution in [0.25, 0.3) is 0 Å². The summed E-state index contributed by atoms with van der Waals surface area (Å²) in [4.78, 5) is 10.3. The van der Waals surface area contributed by atoms with Crippen molar-refractivity contribution in [2.24, 2.45) is 0 Å². The summed E-state index contributed by atoms with van der Waals surface area (Å²) in [6, 6.07) is 9.92. The van der Waals surface area contributed by atoms with Crippen molar-refractivity contribution in [2.75, 3.05) is 19.5 Å². The average Bonchev–Trinajstić information content (AvgIpc) is 2.46. The molecule has 0 amide bonds. The highest BCUT2D eigenvalue weighted by Gasteiger charge is 2.19. The lowest BCUT2D eigenvalue weighted by atomic mass is 9.96. The Morgan fingerprint density at radius 2 is 1.90 bits per heavy atom. The van der Waals surface area contributed by atoms with Gasteiger partial charge < -0.3 is 10.1 Å². The summed E-state index contributed by atoms with van der Waals surface area (Å²) in [5, 5.41) is 4.02. The zero-order valence-corrected chi connectivity index (χ0v) is 13.9. The number of nitrogens with one attached hydrogen (secondary N) is 1. The predicted octanol–water partition coefficient (Wildman–Crippen LogP) is 3.98. The smallest absolute Gasteiger partial charge is 0.137 e. The number of hydrogen-bond donors (Lipinski definition) is 1. The summed E-state index contributed by atoms with van der Waals surface area (Å²) in [6.45, 7) is 6.34. The molecule has 4 nitrogen and oxygen atoms in total. The molecule has 0 radical (unpaired) electrons. The Bertz CT molecular complexity index is 623. The van der Waals surface area contributed by atoms with Gasteiger partial charge in [-0.2, -0.15) is 0 Å². The fourth-order valence-corrected chi connectivity index (χ4v) is 2.59. The van der Waals surface area contributed by atoms with Gasteiger partial charge in [0.2, 0.25) is 0 Å². The van der Waals surface area contributed by atoms with Crippen molar-refractivity contribution in [1.29, 1.82) is 0 Å². The molecule has 112 valence electrons. The van der Waals surface area contributed by atoms with Crippen LogP contribution in [0.5, 0.6) is 5.75 Å². The van der Waals surface area contributed by atoms with E-state index in [0.717, 1.165) is 27.3 Å². The second-order valence-corrected chi connectivity index (χ2v) is 6.79. The van der Waals surface area contributed by atoms with E-state index in [9.17, 15) is 0 Å². The lowest BCUT2D eigenvalue weighted by molar-refractivity contribution is 0.413. The van der Waals surface area contributed by atoms with Gasteiger partial charge in [-0.05, 0) is 18.2 Å². The van der Waals surface area contributed by atoms with Gasteiger partial charge in [-0.3, -0.25) is 0 Å². The standard InChI is InChI=1S/C16H21N3OS/c1-16(2,3)15-18-13(17-4)10-14(19-15)21-12-8-6-7-11(9-12)20-5/h6-10H,1-5H3,(H,17,18,19). The fourth-order valence-electron chi connectivity index (χ4n) is 1.73. The normalized spacial score (nSPS) is 11.3. The molecule has 0 unspecified atom stereocenters. The van der Waals surface area contributed by atoms with Crippen molar-refractivity contribution in [3.8, 4) is 5.75 Å². The van der Waals surface area contributed by atoms with Gasteiger partial charge in [0.15, 0.2) is 0 Å². The molecule has 0 spiro atoms. The molecule has 0 saturated carbocycles. The van der Waals surface area contributed by atoms with Crippen LogP contribution in [0.4, 0.5) is 5.82 Å². The fraction of sp³-hybridized carbons (Fsp3) is 0.375. The van der Waals surface area contributed by atoms with Crippen LogP contribution in [0.15, 0.2) is 40.3 Å². The van der Waals surface area contributed by atoms with Crippen LogP contribution < -0.4 is 10.1 Å². The van der Waals surface area contributed by atoms with Crippen LogP contribution in [-0.2, 0) is 5.41 Å². The van der Waals surface area contributed by atoms with Crippen molar-refractivity contribution in [3.05, 3.63) is 36.2 Å². The molecule has 1 aromatic heterocycles. The monoisotopic (exact) mass is 303 g/mol. The molecule has 0 aliphatic heterocycles. The molecular weight excluding hydrogens is 282 g/mol. The number of methoxy groups -OCH3 is 1. The number of nitrogens with zero attached hydrogens (tertiary/aromatic N) is 2. The van der Waals surface area contributed by atoms with Crippen molar-refractivity contribution in [3.63, 3.8) is 0 Å². The molecule has 1 aromatic carbocycles. The maximum absolute atomic E-state index is 5.26. The van der Waals surface area contributed by atoms with Crippen LogP contribution in [0.3, 0.4) is 0 Å². The lowest BCUT2D eigenvalue weighted by Crippen LogP contribution is -2.17. The third-order valence-corrected chi connectivity index (χ3v) is 3.80. The number of rotatable bonds is 4. The molecule has 2 aromatic rings. The Morgan fingerprint density at radius 1 is 1.14 bits per heavy atom. The Kier molecular flexibility index (Phi) is 4.73. The van der Waals surface area contributed by atoms with E-state index in [1.807, 2.05) is 37.4 Å². The molecule has 0 aliphatic carbocycles. The number of hydrogen-bond acceptors (Lipinski definition) is 5. The minimum absolute atomic E-state index is 0.0868. The third kappa shape index (κ3) is 4.11. The van der Waals surface area contributed by atoms with Crippen molar-refractivity contribution >= 4 is 17.6 Å². The van der Waals surface area contributed by atoms with E-state index < -0.39 is 0 Å². The van der Waals surface area contributed by atoms with E-state index in [0.29, 0.717) is 0 Å². The first-order valence-electron chi connectivity index (χ1n) is 6.81. The third-order valence-electron chi connectivity index (χ3n) is 2.89. The largest absolute Gasteiger partial charge is 0.497 e. The summed E-state index contributed by atoms with van der Waals surface area (Å²) in [5.74, 6) is 2.51. The van der Waals surface area contributed by atoms with E-state index in [2.05, 4.69) is 36.1 Å². The molecule has 5 heteroatoms. The van der Waals surface area contributed by atoms with Gasteiger partial charge in [0, 0.05) is 23.4 Å². The summed E-state index contributed by atoms with van der Waals surface area (Å²) in [7, 11) is 3.54. The van der Waals surface area contributed by atoms with Crippen LogP contribution in [-0.4, -0.2) is 24.1 Å². The quantitative estimate of drug-likeness (QED) is 0.866. The van der Waals surface area contributed by atoms with E-state index in [4.69, 9.17) is 4.74 Å². The number of aromatic nitrogens is 2. The van der Waals surface area contributed by atoms with Crippen LogP contribution in [0.2, 0.25) is 0 Å². The van der Waals surface area contributed by atoms with Gasteiger partial charge in [0.1, 0.15) is 22.4 Å². The van der Waals surface area contributed by atoms with Gasteiger partial charge in [-0.15, -0.1) is 0 Å². The summed E-state index contributed by atoms with van der Waals surface area (Å²) in [5.41, 5.74) is -0.0868. The number of anilines is 1. The number of benzene rings is 1. The molecule has 0 bridgehead atoms. The lowest BCUT2D eigenvalue weighted by Gasteiger charge is -2.18. The first-order valence-corrected chi connectivity index (χ1v) is 7.63. The topological polar surface area (TPSA) is 47.0 Å². The first-order chi connectivity index (χ1) is 9.92. The van der Waals surface area contributed by atoms with Gasteiger partial charge in [-0.25, -0.2) is 9.97 Å². The van der Waals surface area contributed by atoms with E-state index in [1.165, 1.54) is 0 Å². The van der Waals surface area contributed by atoms with Crippen LogP contribution in [0, 0.1) is 0 Å². The summed E-state index contributed by atoms with van der Waals surface area (Å²) >= 11 is 1.61. The minimum atomic E-state index is -0.0868. The van der Waals surface area contributed by atoms with Crippen molar-refractivity contribution in [1.82, 2.24) is 9.97 Å². The molecule has 1 heterocycles. The SMILES string of the molecule is CNc1cc(Sc2cccc(OC)c2)nc(C(C)(C)C)n1. The summed E-state index contributed by atoms with van der Waals surface area (Å²) < 4.78 is 5.26. The van der Waals surface area contributed by atoms with E-state index >= 15 is 0 Å². The minimum Gasteiger partial charge on any atom is -0.497 e. The Hall–Kier alpha value is -1.75. The summed E-state index contributed by atoms with van der Waals surface area (Å²) in [6.07, 6.45) is 0. The zero-order valence-electron chi connectivity index (χ0n) is 13.1. The maximum Gasteiger partial charge on any atom is 0.137 e. The van der Waals surface area contributed by atoms with E-state index in [-0.39, 0.29) is 5.41 Å². The van der Waals surface area contributed by atoms with Gasteiger partial charge in [0.05, 0.1) is 7.11 Å². The molecule has 0 fully saturated rings. The first kappa shape index (κ1) is 15.6. The zero-order chi connectivity index (χ0) is 15.5. The van der Waals surface area contributed by atoms with E-state index in [1.54, 1.807) is 18.9 Å². The van der Waals surface area contributed by atoms with Gasteiger partial charge in [0.25, 0.3) is 0 Å². The molecule has 1 N–H and O–H groups in total. The average molecular weight is 303 g/mol. The molecule has 21 heavy (non-hydrogen) atoms. The Labute approximate surface area is 130 Å². The van der Waals surface area contributed by atoms with Crippen molar-refractivity contribution < 1.29 is 4.74 Å². The van der Waals surface area contributed by atoms with Crippen LogP contribution in [0.1, 0.15) is 26.6 Å². The number of ether oxygens (including phenoxy) is 1. The highest BCUT2D eigenvalue weighted by Crippen LogP contribution is 2.31. The molecule has 0 atom stereocenters. The highest BCUT2D eigenvalue weighted by molar-refractivity contribution is 7.99. The molecule has 2 rings (SSSR count). The Morgan fingerprint density at radius 3 is 2.52 bits per heavy atom. The maximum atomic E-state index is 5.26. The second-order valence-electron chi connectivity index (χ2n) is 5.70. The highest BCUT2D eigenvalue weighted by atomic mass is 32.2.